The highest BCUT2D eigenvalue weighted by Gasteiger charge is 2.32. The number of rotatable bonds is 4. The third-order valence-corrected chi connectivity index (χ3v) is 7.89. The molecule has 0 bridgehead atoms. The van der Waals surface area contributed by atoms with Gasteiger partial charge in [-0.15, -0.1) is 15.3 Å². The molecule has 0 radical (unpaired) electrons. The van der Waals surface area contributed by atoms with E-state index in [0.29, 0.717) is 6.54 Å². The van der Waals surface area contributed by atoms with Crippen molar-refractivity contribution in [3.63, 3.8) is 0 Å². The van der Waals surface area contributed by atoms with Crippen molar-refractivity contribution in [2.75, 3.05) is 49.1 Å². The number of hydrogen-bond donors (Lipinski definition) is 0. The number of aromatic nitrogens is 4. The third-order valence-electron chi connectivity index (χ3n) is 7.89. The number of carbonyl (C=O) groups is 1. The molecule has 0 saturated carbocycles. The summed E-state index contributed by atoms with van der Waals surface area (Å²) in [4.78, 5) is 20.0. The number of aryl methyl sites for hydroxylation is 3. The Bertz CT molecular complexity index is 1240. The molecule has 4 heterocycles. The Labute approximate surface area is 212 Å². The van der Waals surface area contributed by atoms with Crippen LogP contribution in [0.15, 0.2) is 42.5 Å². The van der Waals surface area contributed by atoms with E-state index in [-0.39, 0.29) is 11.8 Å². The van der Waals surface area contributed by atoms with Gasteiger partial charge in [0, 0.05) is 44.8 Å². The highest BCUT2D eigenvalue weighted by Crippen LogP contribution is 2.27. The summed E-state index contributed by atoms with van der Waals surface area (Å²) in [5.74, 6) is 2.08. The summed E-state index contributed by atoms with van der Waals surface area (Å²) in [6.07, 6.45) is 5.25. The van der Waals surface area contributed by atoms with Crippen LogP contribution >= 0.6 is 0 Å². The fraction of sp³-hybridized carbons (Fsp3) is 0.464. The summed E-state index contributed by atoms with van der Waals surface area (Å²) in [6.45, 7) is 6.78. The van der Waals surface area contributed by atoms with Gasteiger partial charge in [-0.05, 0) is 68.4 Å². The fourth-order valence-corrected chi connectivity index (χ4v) is 5.77. The molecule has 1 unspecified atom stereocenters. The molecule has 6 rings (SSSR count). The molecule has 1 amide bonds. The average molecular weight is 484 g/mol. The molecule has 8 heteroatoms. The van der Waals surface area contributed by atoms with Gasteiger partial charge in [-0.25, -0.2) is 0 Å². The van der Waals surface area contributed by atoms with Crippen LogP contribution in [0.4, 0.5) is 11.6 Å². The number of fused-ring (bicyclic) bond motifs is 1. The first-order valence-corrected chi connectivity index (χ1v) is 13.2. The molecule has 0 N–H and O–H groups in total. The van der Waals surface area contributed by atoms with E-state index in [1.54, 1.807) is 0 Å². The van der Waals surface area contributed by atoms with Crippen LogP contribution in [0.2, 0.25) is 0 Å². The van der Waals surface area contributed by atoms with Crippen LogP contribution in [0, 0.1) is 12.8 Å². The van der Waals surface area contributed by atoms with Crippen molar-refractivity contribution in [3.8, 4) is 11.3 Å². The summed E-state index contributed by atoms with van der Waals surface area (Å²) < 4.78 is 0. The van der Waals surface area contributed by atoms with Gasteiger partial charge in [-0.2, -0.15) is 5.10 Å². The molecule has 3 aromatic rings. The number of benzene rings is 1. The van der Waals surface area contributed by atoms with Crippen LogP contribution in [0.3, 0.4) is 0 Å². The van der Waals surface area contributed by atoms with Crippen molar-refractivity contribution in [3.05, 3.63) is 59.3 Å². The van der Waals surface area contributed by atoms with Crippen LogP contribution in [0.25, 0.3) is 11.3 Å². The molecule has 2 aliphatic heterocycles. The summed E-state index contributed by atoms with van der Waals surface area (Å²) in [6, 6.07) is 14.5. The van der Waals surface area contributed by atoms with Gasteiger partial charge in [0.2, 0.25) is 5.91 Å². The lowest BCUT2D eigenvalue weighted by atomic mass is 9.96. The molecule has 2 saturated heterocycles. The van der Waals surface area contributed by atoms with Gasteiger partial charge >= 0.3 is 0 Å². The summed E-state index contributed by atoms with van der Waals surface area (Å²) >= 11 is 0. The number of carbonyl (C=O) groups excluding carboxylic acids is 1. The summed E-state index contributed by atoms with van der Waals surface area (Å²) in [5, 5.41) is 17.9. The zero-order valence-electron chi connectivity index (χ0n) is 20.9. The van der Waals surface area contributed by atoms with Crippen LogP contribution < -0.4 is 9.80 Å². The molecule has 2 aromatic heterocycles. The lowest BCUT2D eigenvalue weighted by Gasteiger charge is -2.39. The Morgan fingerprint density at radius 2 is 1.67 bits per heavy atom. The Kier molecular flexibility index (Phi) is 6.25. The van der Waals surface area contributed by atoms with Crippen molar-refractivity contribution < 1.29 is 4.79 Å². The van der Waals surface area contributed by atoms with Crippen molar-refractivity contribution >= 4 is 17.5 Å². The predicted molar refractivity (Wildman–Crippen MR) is 140 cm³/mol. The maximum atomic E-state index is 13.4. The van der Waals surface area contributed by atoms with E-state index in [9.17, 15) is 4.79 Å². The van der Waals surface area contributed by atoms with E-state index in [2.05, 4.69) is 55.3 Å². The standard InChI is InChI=1S/C28H33N7O/c1-20-6-2-3-9-23(20)25-11-12-26(31-30-25)35-13-5-8-22(19-35)28(36)34-16-14-33(15-17-34)27-18-21-7-4-10-24(21)29-32-27/h2-3,6,9,11-12,18,22H,4-5,7-8,10,13-17,19H2,1H3. The smallest absolute Gasteiger partial charge is 0.227 e. The van der Waals surface area contributed by atoms with E-state index in [0.717, 1.165) is 87.0 Å². The Morgan fingerprint density at radius 3 is 2.47 bits per heavy atom. The lowest BCUT2D eigenvalue weighted by Crippen LogP contribution is -2.53. The van der Waals surface area contributed by atoms with Crippen LogP contribution in [-0.4, -0.2) is 70.5 Å². The van der Waals surface area contributed by atoms with Gasteiger partial charge in [0.15, 0.2) is 11.6 Å². The van der Waals surface area contributed by atoms with Gasteiger partial charge < -0.3 is 14.7 Å². The normalized spacial score (nSPS) is 19.9. The highest BCUT2D eigenvalue weighted by atomic mass is 16.2. The number of piperidine rings is 1. The SMILES string of the molecule is Cc1ccccc1-c1ccc(N2CCCC(C(=O)N3CCN(c4cc5c(nn4)CCC5)CC3)C2)nn1. The fourth-order valence-electron chi connectivity index (χ4n) is 5.77. The molecule has 2 fully saturated rings. The van der Waals surface area contributed by atoms with E-state index in [1.165, 1.54) is 17.5 Å². The van der Waals surface area contributed by atoms with Gasteiger partial charge in [-0.1, -0.05) is 24.3 Å². The van der Waals surface area contributed by atoms with Crippen LogP contribution in [0.5, 0.6) is 0 Å². The van der Waals surface area contributed by atoms with Gasteiger partial charge in [0.1, 0.15) is 0 Å². The molecule has 0 spiro atoms. The number of piperazine rings is 1. The van der Waals surface area contributed by atoms with Crippen LogP contribution in [-0.2, 0) is 17.6 Å². The monoisotopic (exact) mass is 483 g/mol. The highest BCUT2D eigenvalue weighted by molar-refractivity contribution is 5.80. The second-order valence-corrected chi connectivity index (χ2v) is 10.2. The maximum absolute atomic E-state index is 13.4. The largest absolute Gasteiger partial charge is 0.354 e. The third kappa shape index (κ3) is 4.52. The van der Waals surface area contributed by atoms with Crippen molar-refractivity contribution in [1.29, 1.82) is 0 Å². The number of amides is 1. The predicted octanol–water partition coefficient (Wildman–Crippen LogP) is 3.30. The minimum atomic E-state index is 0.00271. The van der Waals surface area contributed by atoms with E-state index in [4.69, 9.17) is 0 Å². The molecule has 8 nitrogen and oxygen atoms in total. The second kappa shape index (κ2) is 9.84. The number of nitrogens with zero attached hydrogens (tertiary/aromatic N) is 7. The van der Waals surface area contributed by atoms with Gasteiger partial charge in [0.25, 0.3) is 0 Å². The molecule has 1 atom stereocenters. The molecular formula is C28H33N7O. The van der Waals surface area contributed by atoms with Gasteiger partial charge in [-0.3, -0.25) is 4.79 Å². The van der Waals surface area contributed by atoms with Crippen molar-refractivity contribution in [2.24, 2.45) is 5.92 Å². The number of hydrogen-bond acceptors (Lipinski definition) is 7. The van der Waals surface area contributed by atoms with Crippen LogP contribution in [0.1, 0.15) is 36.1 Å². The Balaban J connectivity index is 1.07. The topological polar surface area (TPSA) is 78.4 Å². The molecule has 1 aliphatic carbocycles. The average Bonchev–Trinajstić information content (AvgIpc) is 3.41. The minimum absolute atomic E-state index is 0.00271. The molecule has 1 aromatic carbocycles. The molecule has 186 valence electrons. The molecular weight excluding hydrogens is 450 g/mol. The first kappa shape index (κ1) is 22.9. The quantitative estimate of drug-likeness (QED) is 0.563. The van der Waals surface area contributed by atoms with Gasteiger partial charge in [0.05, 0.1) is 17.3 Å². The van der Waals surface area contributed by atoms with E-state index in [1.807, 2.05) is 29.2 Å². The van der Waals surface area contributed by atoms with Crippen molar-refractivity contribution in [1.82, 2.24) is 25.3 Å². The van der Waals surface area contributed by atoms with Crippen molar-refractivity contribution in [2.45, 2.75) is 39.0 Å². The summed E-state index contributed by atoms with van der Waals surface area (Å²) in [7, 11) is 0. The first-order valence-electron chi connectivity index (χ1n) is 13.2. The first-order chi connectivity index (χ1) is 17.7. The Hall–Kier alpha value is -3.55. The minimum Gasteiger partial charge on any atom is -0.354 e. The zero-order chi connectivity index (χ0) is 24.5. The Morgan fingerprint density at radius 1 is 0.833 bits per heavy atom. The molecule has 36 heavy (non-hydrogen) atoms. The second-order valence-electron chi connectivity index (χ2n) is 10.2. The van der Waals surface area contributed by atoms with E-state index < -0.39 is 0 Å². The maximum Gasteiger partial charge on any atom is 0.227 e. The molecule has 3 aliphatic rings. The summed E-state index contributed by atoms with van der Waals surface area (Å²) in [5.41, 5.74) is 5.67. The zero-order valence-corrected chi connectivity index (χ0v) is 20.9. The number of anilines is 2. The lowest BCUT2D eigenvalue weighted by molar-refractivity contribution is -0.136. The van der Waals surface area contributed by atoms with E-state index >= 15 is 0 Å².